The fourth-order valence-electron chi connectivity index (χ4n) is 1.41. The van der Waals surface area contributed by atoms with E-state index in [1.807, 2.05) is 13.8 Å². The molecule has 1 unspecified atom stereocenters. The van der Waals surface area contributed by atoms with Crippen molar-refractivity contribution in [3.05, 3.63) is 30.1 Å². The van der Waals surface area contributed by atoms with E-state index in [0.717, 1.165) is 0 Å². The van der Waals surface area contributed by atoms with E-state index in [2.05, 4.69) is 11.1 Å². The predicted octanol–water partition coefficient (Wildman–Crippen LogP) is 2.45. The Morgan fingerprint density at radius 3 is 2.53 bits per heavy atom. The molecule has 1 aromatic rings. The minimum Gasteiger partial charge on any atom is -0.293 e. The fourth-order valence-corrected chi connectivity index (χ4v) is 1.41. The Labute approximate surface area is 89.8 Å². The molecule has 0 saturated carbocycles. The lowest BCUT2D eigenvalue weighted by atomic mass is 9.91. The monoisotopic (exact) mass is 202 g/mol. The van der Waals surface area contributed by atoms with Crippen LogP contribution in [0.25, 0.3) is 0 Å². The summed E-state index contributed by atoms with van der Waals surface area (Å²) in [6, 6.07) is 5.35. The zero-order valence-corrected chi connectivity index (χ0v) is 8.97. The number of Topliss-reactive ketones (excluding diaryl/α,β-unsaturated/α-hetero) is 1. The molecule has 3 nitrogen and oxygen atoms in total. The molecule has 15 heavy (non-hydrogen) atoms. The van der Waals surface area contributed by atoms with Crippen LogP contribution in [0.15, 0.2) is 24.5 Å². The number of ketones is 1. The second-order valence-electron chi connectivity index (χ2n) is 3.91. The van der Waals surface area contributed by atoms with E-state index in [1.54, 1.807) is 24.5 Å². The molecule has 1 rings (SSSR count). The van der Waals surface area contributed by atoms with Gasteiger partial charge in [0.15, 0.2) is 5.78 Å². The Morgan fingerprint density at radius 1 is 1.47 bits per heavy atom. The largest absolute Gasteiger partial charge is 0.293 e. The highest BCUT2D eigenvalue weighted by Crippen LogP contribution is 2.16. The van der Waals surface area contributed by atoms with Crippen LogP contribution in [-0.4, -0.2) is 10.8 Å². The number of aromatic nitrogens is 1. The molecule has 0 aliphatic rings. The summed E-state index contributed by atoms with van der Waals surface area (Å²) in [6.45, 7) is 4.01. The van der Waals surface area contributed by atoms with Crippen molar-refractivity contribution in [1.82, 2.24) is 4.98 Å². The number of nitrogens with zero attached hydrogens (tertiary/aromatic N) is 2. The molecule has 1 atom stereocenters. The molecule has 0 radical (unpaired) electrons. The molecule has 0 aliphatic heterocycles. The number of carbonyl (C=O) groups excluding carboxylic acids is 1. The van der Waals surface area contributed by atoms with Crippen molar-refractivity contribution in [2.75, 3.05) is 0 Å². The van der Waals surface area contributed by atoms with Crippen molar-refractivity contribution in [2.24, 2.45) is 11.8 Å². The maximum atomic E-state index is 11.9. The van der Waals surface area contributed by atoms with Gasteiger partial charge in [-0.25, -0.2) is 0 Å². The summed E-state index contributed by atoms with van der Waals surface area (Å²) in [7, 11) is 0. The van der Waals surface area contributed by atoms with Crippen molar-refractivity contribution in [1.29, 1.82) is 5.26 Å². The van der Waals surface area contributed by atoms with Gasteiger partial charge in [0.05, 0.1) is 6.07 Å². The standard InChI is InChI=1S/C12H14N2O/c1-9(2)7-11(8-13)12(15)10-3-5-14-6-4-10/h3-6,9,11H,7H2,1-2H3. The van der Waals surface area contributed by atoms with Crippen molar-refractivity contribution >= 4 is 5.78 Å². The van der Waals surface area contributed by atoms with Gasteiger partial charge in [-0.1, -0.05) is 13.8 Å². The maximum absolute atomic E-state index is 11.9. The first-order valence-electron chi connectivity index (χ1n) is 4.99. The Hall–Kier alpha value is -1.69. The normalized spacial score (nSPS) is 12.1. The second-order valence-corrected chi connectivity index (χ2v) is 3.91. The van der Waals surface area contributed by atoms with Crippen LogP contribution in [0.1, 0.15) is 30.6 Å². The number of rotatable bonds is 4. The molecule has 0 fully saturated rings. The van der Waals surface area contributed by atoms with Crippen LogP contribution in [0.2, 0.25) is 0 Å². The van der Waals surface area contributed by atoms with Gasteiger partial charge in [0.1, 0.15) is 5.92 Å². The Balaban J connectivity index is 2.80. The summed E-state index contributed by atoms with van der Waals surface area (Å²) in [6.07, 6.45) is 3.74. The smallest absolute Gasteiger partial charge is 0.180 e. The average Bonchev–Trinajstić information content (AvgIpc) is 2.26. The van der Waals surface area contributed by atoms with E-state index in [-0.39, 0.29) is 5.78 Å². The molecular weight excluding hydrogens is 188 g/mol. The lowest BCUT2D eigenvalue weighted by molar-refractivity contribution is 0.0937. The van der Waals surface area contributed by atoms with Gasteiger partial charge in [-0.3, -0.25) is 9.78 Å². The molecule has 0 spiro atoms. The fraction of sp³-hybridized carbons (Fsp3) is 0.417. The minimum absolute atomic E-state index is 0.103. The van der Waals surface area contributed by atoms with Crippen LogP contribution >= 0.6 is 0 Å². The highest BCUT2D eigenvalue weighted by Gasteiger charge is 2.20. The summed E-state index contributed by atoms with van der Waals surface area (Å²) in [4.78, 5) is 15.7. The lowest BCUT2D eigenvalue weighted by Crippen LogP contribution is -2.15. The van der Waals surface area contributed by atoms with Crippen LogP contribution in [0.3, 0.4) is 0 Å². The van der Waals surface area contributed by atoms with E-state index in [9.17, 15) is 4.79 Å². The SMILES string of the molecule is CC(C)CC(C#N)C(=O)c1ccncc1. The van der Waals surface area contributed by atoms with Gasteiger partial charge in [0.25, 0.3) is 0 Å². The molecular formula is C12H14N2O. The molecule has 3 heteroatoms. The predicted molar refractivity (Wildman–Crippen MR) is 57.1 cm³/mol. The summed E-state index contributed by atoms with van der Waals surface area (Å²) >= 11 is 0. The highest BCUT2D eigenvalue weighted by atomic mass is 16.1. The molecule has 0 aromatic carbocycles. The van der Waals surface area contributed by atoms with Crippen LogP contribution < -0.4 is 0 Å². The van der Waals surface area contributed by atoms with Gasteiger partial charge >= 0.3 is 0 Å². The Bertz CT molecular complexity index is 365. The summed E-state index contributed by atoms with van der Waals surface area (Å²) < 4.78 is 0. The first-order valence-corrected chi connectivity index (χ1v) is 4.99. The summed E-state index contributed by atoms with van der Waals surface area (Å²) in [5.41, 5.74) is 0.567. The Morgan fingerprint density at radius 2 is 2.07 bits per heavy atom. The van der Waals surface area contributed by atoms with E-state index < -0.39 is 5.92 Å². The first-order chi connectivity index (χ1) is 7.15. The van der Waals surface area contributed by atoms with E-state index in [4.69, 9.17) is 5.26 Å². The van der Waals surface area contributed by atoms with Crippen LogP contribution in [0.5, 0.6) is 0 Å². The van der Waals surface area contributed by atoms with Crippen molar-refractivity contribution in [2.45, 2.75) is 20.3 Å². The Kier molecular flexibility index (Phi) is 3.99. The van der Waals surface area contributed by atoms with Gasteiger partial charge in [-0.2, -0.15) is 5.26 Å². The molecule has 0 saturated heterocycles. The summed E-state index contributed by atoms with van der Waals surface area (Å²) in [5, 5.41) is 8.92. The van der Waals surface area contributed by atoms with E-state index in [0.29, 0.717) is 17.9 Å². The maximum Gasteiger partial charge on any atom is 0.180 e. The molecule has 1 aromatic heterocycles. The molecule has 0 amide bonds. The van der Waals surface area contributed by atoms with Gasteiger partial charge in [0.2, 0.25) is 0 Å². The summed E-state index contributed by atoms with van der Waals surface area (Å²) in [5.74, 6) is -0.290. The first kappa shape index (κ1) is 11.4. The highest BCUT2D eigenvalue weighted by molar-refractivity contribution is 5.99. The van der Waals surface area contributed by atoms with E-state index >= 15 is 0 Å². The zero-order valence-electron chi connectivity index (χ0n) is 8.97. The molecule has 1 heterocycles. The number of hydrogen-bond donors (Lipinski definition) is 0. The van der Waals surface area contributed by atoms with Crippen molar-refractivity contribution < 1.29 is 4.79 Å². The number of pyridine rings is 1. The van der Waals surface area contributed by atoms with Crippen LogP contribution in [-0.2, 0) is 0 Å². The van der Waals surface area contributed by atoms with Crippen molar-refractivity contribution in [3.8, 4) is 6.07 Å². The van der Waals surface area contributed by atoms with E-state index in [1.165, 1.54) is 0 Å². The van der Waals surface area contributed by atoms with Gasteiger partial charge < -0.3 is 0 Å². The molecule has 0 aliphatic carbocycles. The quantitative estimate of drug-likeness (QED) is 0.705. The average molecular weight is 202 g/mol. The number of nitriles is 1. The third-order valence-corrected chi connectivity index (χ3v) is 2.14. The molecule has 78 valence electrons. The van der Waals surface area contributed by atoms with Crippen molar-refractivity contribution in [3.63, 3.8) is 0 Å². The zero-order chi connectivity index (χ0) is 11.3. The third-order valence-electron chi connectivity index (χ3n) is 2.14. The number of carbonyl (C=O) groups is 1. The van der Waals surface area contributed by atoms with Gasteiger partial charge in [-0.15, -0.1) is 0 Å². The van der Waals surface area contributed by atoms with Crippen LogP contribution in [0, 0.1) is 23.2 Å². The number of hydrogen-bond acceptors (Lipinski definition) is 3. The molecule has 0 bridgehead atoms. The van der Waals surface area contributed by atoms with Gasteiger partial charge in [-0.05, 0) is 24.5 Å². The minimum atomic E-state index is -0.535. The topological polar surface area (TPSA) is 53.8 Å². The second kappa shape index (κ2) is 5.26. The lowest BCUT2D eigenvalue weighted by Gasteiger charge is -2.10. The van der Waals surface area contributed by atoms with Crippen LogP contribution in [0.4, 0.5) is 0 Å². The van der Waals surface area contributed by atoms with Gasteiger partial charge in [0, 0.05) is 18.0 Å². The molecule has 0 N–H and O–H groups in total. The third kappa shape index (κ3) is 3.17.